The van der Waals surface area contributed by atoms with Crippen LogP contribution in [0.25, 0.3) is 10.9 Å². The molecular weight excluding hydrogens is 322 g/mol. The van der Waals surface area contributed by atoms with Gasteiger partial charge in [0.05, 0.1) is 0 Å². The van der Waals surface area contributed by atoms with Gasteiger partial charge in [-0.15, -0.1) is 0 Å². The van der Waals surface area contributed by atoms with Crippen molar-refractivity contribution >= 4 is 22.6 Å². The molecular formula is C22H25N3O. The first-order valence-electron chi connectivity index (χ1n) is 9.29. The van der Waals surface area contributed by atoms with E-state index in [-0.39, 0.29) is 6.03 Å². The lowest BCUT2D eigenvalue weighted by molar-refractivity contribution is 0.210. The summed E-state index contributed by atoms with van der Waals surface area (Å²) in [6.45, 7) is 8.62. The van der Waals surface area contributed by atoms with Crippen molar-refractivity contribution in [2.45, 2.75) is 40.3 Å². The molecule has 3 aromatic rings. The third-order valence-corrected chi connectivity index (χ3v) is 5.33. The van der Waals surface area contributed by atoms with Crippen LogP contribution < -0.4 is 5.32 Å². The summed E-state index contributed by atoms with van der Waals surface area (Å²) < 4.78 is 2.31. The molecule has 1 aliphatic heterocycles. The first-order valence-corrected chi connectivity index (χ1v) is 9.29. The summed E-state index contributed by atoms with van der Waals surface area (Å²) in [4.78, 5) is 14.8. The molecule has 2 amide bonds. The zero-order valence-electron chi connectivity index (χ0n) is 15.7. The summed E-state index contributed by atoms with van der Waals surface area (Å²) in [6, 6.07) is 12.5. The van der Waals surface area contributed by atoms with Crippen LogP contribution in [0.5, 0.6) is 0 Å². The number of nitrogens with one attached hydrogen (secondary N) is 1. The highest BCUT2D eigenvalue weighted by Crippen LogP contribution is 2.30. The van der Waals surface area contributed by atoms with Gasteiger partial charge in [-0.05, 0) is 56.0 Å². The number of benzene rings is 2. The third kappa shape index (κ3) is 2.85. The zero-order chi connectivity index (χ0) is 18.3. The van der Waals surface area contributed by atoms with E-state index in [1.165, 1.54) is 27.6 Å². The van der Waals surface area contributed by atoms with E-state index >= 15 is 0 Å². The van der Waals surface area contributed by atoms with Crippen molar-refractivity contribution < 1.29 is 4.79 Å². The Kier molecular flexibility index (Phi) is 4.19. The zero-order valence-corrected chi connectivity index (χ0v) is 15.7. The molecule has 1 aromatic heterocycles. The minimum atomic E-state index is -0.0255. The monoisotopic (exact) mass is 347 g/mol. The fourth-order valence-corrected chi connectivity index (χ4v) is 3.96. The molecule has 0 saturated carbocycles. The van der Waals surface area contributed by atoms with E-state index < -0.39 is 0 Å². The molecule has 26 heavy (non-hydrogen) atoms. The number of anilines is 1. The molecule has 0 bridgehead atoms. The Labute approximate surface area is 154 Å². The molecule has 0 atom stereocenters. The second-order valence-electron chi connectivity index (χ2n) is 7.17. The lowest BCUT2D eigenvalue weighted by Gasteiger charge is -2.22. The molecule has 0 saturated heterocycles. The molecule has 4 heteroatoms. The molecule has 1 aliphatic rings. The number of aryl methyl sites for hydroxylation is 3. The van der Waals surface area contributed by atoms with Crippen LogP contribution in [0.4, 0.5) is 10.5 Å². The molecule has 0 fully saturated rings. The van der Waals surface area contributed by atoms with Gasteiger partial charge < -0.3 is 14.8 Å². The van der Waals surface area contributed by atoms with Crippen LogP contribution in [0.2, 0.25) is 0 Å². The number of hydrogen-bond donors (Lipinski definition) is 1. The standard InChI is InChI=1S/C22H25N3O/c1-4-24-13-18-10-11-25(14-17-6-5-7-20(24)21(17)18)22(26)23-19-9-8-15(2)12-16(19)3/h5-9,12-13H,4,10-11,14H2,1-3H3,(H,23,26). The lowest BCUT2D eigenvalue weighted by Crippen LogP contribution is -2.35. The first kappa shape index (κ1) is 16.7. The maximum absolute atomic E-state index is 12.9. The Morgan fingerprint density at radius 2 is 2.00 bits per heavy atom. The van der Waals surface area contributed by atoms with Gasteiger partial charge in [0.1, 0.15) is 0 Å². The molecule has 2 heterocycles. The van der Waals surface area contributed by atoms with E-state index in [1.807, 2.05) is 24.0 Å². The highest BCUT2D eigenvalue weighted by atomic mass is 16.2. The fraction of sp³-hybridized carbons (Fsp3) is 0.318. The lowest BCUT2D eigenvalue weighted by atomic mass is 10.1. The van der Waals surface area contributed by atoms with Gasteiger partial charge in [0.25, 0.3) is 0 Å². The topological polar surface area (TPSA) is 37.3 Å². The van der Waals surface area contributed by atoms with Crippen LogP contribution in [-0.2, 0) is 19.5 Å². The molecule has 134 valence electrons. The number of nitrogens with zero attached hydrogens (tertiary/aromatic N) is 2. The van der Waals surface area contributed by atoms with Gasteiger partial charge in [0, 0.05) is 42.4 Å². The van der Waals surface area contributed by atoms with Gasteiger partial charge in [-0.1, -0.05) is 29.8 Å². The van der Waals surface area contributed by atoms with E-state index in [1.54, 1.807) is 0 Å². The summed E-state index contributed by atoms with van der Waals surface area (Å²) in [5.74, 6) is 0. The Bertz CT molecular complexity index is 986. The van der Waals surface area contributed by atoms with Gasteiger partial charge >= 0.3 is 6.03 Å². The van der Waals surface area contributed by atoms with Crippen LogP contribution in [-0.4, -0.2) is 22.0 Å². The van der Waals surface area contributed by atoms with Crippen molar-refractivity contribution in [1.82, 2.24) is 9.47 Å². The van der Waals surface area contributed by atoms with Crippen LogP contribution in [0.3, 0.4) is 0 Å². The number of rotatable bonds is 2. The predicted octanol–water partition coefficient (Wildman–Crippen LogP) is 4.87. The summed E-state index contributed by atoms with van der Waals surface area (Å²) in [5, 5.41) is 4.42. The van der Waals surface area contributed by atoms with Crippen molar-refractivity contribution in [2.75, 3.05) is 11.9 Å². The number of aromatic nitrogens is 1. The predicted molar refractivity (Wildman–Crippen MR) is 107 cm³/mol. The molecule has 0 spiro atoms. The van der Waals surface area contributed by atoms with Gasteiger partial charge in [-0.25, -0.2) is 4.79 Å². The van der Waals surface area contributed by atoms with Crippen LogP contribution in [0, 0.1) is 13.8 Å². The molecule has 0 aliphatic carbocycles. The van der Waals surface area contributed by atoms with E-state index in [9.17, 15) is 4.79 Å². The molecule has 0 radical (unpaired) electrons. The minimum Gasteiger partial charge on any atom is -0.347 e. The number of amides is 2. The van der Waals surface area contributed by atoms with Gasteiger partial charge in [0.2, 0.25) is 0 Å². The fourth-order valence-electron chi connectivity index (χ4n) is 3.96. The van der Waals surface area contributed by atoms with Crippen molar-refractivity contribution in [1.29, 1.82) is 0 Å². The summed E-state index contributed by atoms with van der Waals surface area (Å²) >= 11 is 0. The Balaban J connectivity index is 1.61. The summed E-state index contributed by atoms with van der Waals surface area (Å²) in [7, 11) is 0. The average molecular weight is 347 g/mol. The number of carbonyl (C=O) groups excluding carboxylic acids is 1. The largest absolute Gasteiger partial charge is 0.347 e. The first-order chi connectivity index (χ1) is 12.6. The Hall–Kier alpha value is -2.75. The summed E-state index contributed by atoms with van der Waals surface area (Å²) in [6.07, 6.45) is 3.14. The second kappa shape index (κ2) is 6.52. The minimum absolute atomic E-state index is 0.0255. The number of carbonyl (C=O) groups is 1. The van der Waals surface area contributed by atoms with E-state index in [2.05, 4.69) is 54.2 Å². The second-order valence-corrected chi connectivity index (χ2v) is 7.17. The van der Waals surface area contributed by atoms with Crippen LogP contribution in [0.1, 0.15) is 29.2 Å². The van der Waals surface area contributed by atoms with E-state index in [0.717, 1.165) is 30.8 Å². The number of urea groups is 1. The molecule has 4 rings (SSSR count). The van der Waals surface area contributed by atoms with Crippen molar-refractivity contribution in [2.24, 2.45) is 0 Å². The number of hydrogen-bond acceptors (Lipinski definition) is 1. The van der Waals surface area contributed by atoms with Crippen molar-refractivity contribution in [3.05, 3.63) is 64.8 Å². The van der Waals surface area contributed by atoms with E-state index in [4.69, 9.17) is 0 Å². The van der Waals surface area contributed by atoms with Gasteiger partial charge in [0.15, 0.2) is 0 Å². The Morgan fingerprint density at radius 3 is 2.77 bits per heavy atom. The van der Waals surface area contributed by atoms with Gasteiger partial charge in [-0.2, -0.15) is 0 Å². The summed E-state index contributed by atoms with van der Waals surface area (Å²) in [5.41, 5.74) is 7.04. The van der Waals surface area contributed by atoms with Crippen LogP contribution in [0.15, 0.2) is 42.6 Å². The maximum atomic E-state index is 12.9. The van der Waals surface area contributed by atoms with E-state index in [0.29, 0.717) is 6.54 Å². The van der Waals surface area contributed by atoms with Crippen molar-refractivity contribution in [3.8, 4) is 0 Å². The van der Waals surface area contributed by atoms with Crippen LogP contribution >= 0.6 is 0 Å². The highest BCUT2D eigenvalue weighted by molar-refractivity contribution is 5.92. The normalized spacial score (nSPS) is 13.7. The molecule has 4 nitrogen and oxygen atoms in total. The Morgan fingerprint density at radius 1 is 1.15 bits per heavy atom. The molecule has 2 aromatic carbocycles. The smallest absolute Gasteiger partial charge is 0.322 e. The third-order valence-electron chi connectivity index (χ3n) is 5.33. The highest BCUT2D eigenvalue weighted by Gasteiger charge is 2.22. The molecule has 0 unspecified atom stereocenters. The van der Waals surface area contributed by atoms with Gasteiger partial charge in [-0.3, -0.25) is 0 Å². The quantitative estimate of drug-likeness (QED) is 0.706. The van der Waals surface area contributed by atoms with Crippen molar-refractivity contribution in [3.63, 3.8) is 0 Å². The average Bonchev–Trinajstić information content (AvgIpc) is 2.88. The SMILES string of the molecule is CCn1cc2c3c(cccc31)CN(C(=O)Nc1ccc(C)cc1C)CC2. The molecule has 1 N–H and O–H groups in total. The maximum Gasteiger partial charge on any atom is 0.322 e.